The Morgan fingerprint density at radius 2 is 1.59 bits per heavy atom. The molecule has 0 amide bonds. The molecule has 0 aliphatic carbocycles. The Morgan fingerprint density at radius 1 is 1.06 bits per heavy atom. The van der Waals surface area contributed by atoms with E-state index in [2.05, 4.69) is 53.4 Å². The van der Waals surface area contributed by atoms with E-state index in [4.69, 9.17) is 4.74 Å². The molecule has 0 aliphatic heterocycles. The van der Waals surface area contributed by atoms with Crippen molar-refractivity contribution in [3.8, 4) is 0 Å². The highest BCUT2D eigenvalue weighted by atomic mass is 16.5. The van der Waals surface area contributed by atoms with Crippen LogP contribution in [0.3, 0.4) is 0 Å². The Balaban J connectivity index is 3.97. The van der Waals surface area contributed by atoms with Crippen molar-refractivity contribution in [2.45, 2.75) is 54.4 Å². The fourth-order valence-electron chi connectivity index (χ4n) is 1.65. The van der Waals surface area contributed by atoms with Crippen molar-refractivity contribution in [1.82, 2.24) is 5.32 Å². The Hall–Kier alpha value is -0.500. The normalized spacial score (nSPS) is 12.6. The van der Waals surface area contributed by atoms with Gasteiger partial charge in [0.1, 0.15) is 0 Å². The monoisotopic (exact) mass is 241 g/mol. The summed E-state index contributed by atoms with van der Waals surface area (Å²) in [4.78, 5) is 0. The SMILES string of the molecule is C=C(CC(C)(C)COCC(C)(C)CC)NCC. The summed E-state index contributed by atoms with van der Waals surface area (Å²) in [5.41, 5.74) is 1.55. The molecular weight excluding hydrogens is 210 g/mol. The van der Waals surface area contributed by atoms with Gasteiger partial charge in [-0.05, 0) is 30.6 Å². The van der Waals surface area contributed by atoms with Gasteiger partial charge in [-0.2, -0.15) is 0 Å². The molecule has 102 valence electrons. The highest BCUT2D eigenvalue weighted by Crippen LogP contribution is 2.26. The maximum absolute atomic E-state index is 5.86. The van der Waals surface area contributed by atoms with Crippen LogP contribution in [-0.2, 0) is 4.74 Å². The summed E-state index contributed by atoms with van der Waals surface area (Å²) < 4.78 is 5.86. The van der Waals surface area contributed by atoms with Crippen LogP contribution < -0.4 is 5.32 Å². The molecule has 0 fully saturated rings. The Morgan fingerprint density at radius 3 is 2.06 bits per heavy atom. The van der Waals surface area contributed by atoms with Crippen molar-refractivity contribution in [2.75, 3.05) is 19.8 Å². The molecule has 0 saturated carbocycles. The van der Waals surface area contributed by atoms with E-state index in [1.165, 1.54) is 0 Å². The molecule has 0 rings (SSSR count). The van der Waals surface area contributed by atoms with Crippen LogP contribution in [0, 0.1) is 10.8 Å². The molecule has 0 aromatic rings. The molecule has 0 bridgehead atoms. The van der Waals surface area contributed by atoms with E-state index in [1.54, 1.807) is 0 Å². The predicted molar refractivity (Wildman–Crippen MR) is 76.1 cm³/mol. The number of ether oxygens (including phenoxy) is 1. The number of hydrogen-bond donors (Lipinski definition) is 1. The third-order valence-corrected chi connectivity index (χ3v) is 3.06. The van der Waals surface area contributed by atoms with Gasteiger partial charge in [0.05, 0.1) is 13.2 Å². The fourth-order valence-corrected chi connectivity index (χ4v) is 1.65. The Kier molecular flexibility index (Phi) is 6.84. The molecular formula is C15H31NO. The lowest BCUT2D eigenvalue weighted by atomic mass is 9.88. The van der Waals surface area contributed by atoms with E-state index < -0.39 is 0 Å². The summed E-state index contributed by atoms with van der Waals surface area (Å²) in [5.74, 6) is 0. The van der Waals surface area contributed by atoms with Crippen molar-refractivity contribution >= 4 is 0 Å². The highest BCUT2D eigenvalue weighted by Gasteiger charge is 2.22. The van der Waals surface area contributed by atoms with Crippen molar-refractivity contribution in [1.29, 1.82) is 0 Å². The fraction of sp³-hybridized carbons (Fsp3) is 0.867. The van der Waals surface area contributed by atoms with E-state index in [-0.39, 0.29) is 10.8 Å². The number of nitrogens with one attached hydrogen (secondary N) is 1. The third-order valence-electron chi connectivity index (χ3n) is 3.06. The lowest BCUT2D eigenvalue weighted by Gasteiger charge is -2.29. The van der Waals surface area contributed by atoms with Crippen molar-refractivity contribution in [2.24, 2.45) is 10.8 Å². The van der Waals surface area contributed by atoms with Crippen LogP contribution in [-0.4, -0.2) is 19.8 Å². The Labute approximate surface area is 108 Å². The van der Waals surface area contributed by atoms with Gasteiger partial charge in [0.2, 0.25) is 0 Å². The first-order valence-electron chi connectivity index (χ1n) is 6.72. The molecule has 0 aromatic heterocycles. The molecule has 0 radical (unpaired) electrons. The molecule has 2 heteroatoms. The van der Waals surface area contributed by atoms with Gasteiger partial charge in [0, 0.05) is 12.2 Å². The molecule has 0 spiro atoms. The first kappa shape index (κ1) is 16.5. The minimum Gasteiger partial charge on any atom is -0.389 e. The zero-order chi connectivity index (χ0) is 13.5. The summed E-state index contributed by atoms with van der Waals surface area (Å²) in [6.07, 6.45) is 2.12. The van der Waals surface area contributed by atoms with Gasteiger partial charge >= 0.3 is 0 Å². The summed E-state index contributed by atoms with van der Waals surface area (Å²) >= 11 is 0. The quantitative estimate of drug-likeness (QED) is 0.659. The van der Waals surface area contributed by atoms with Gasteiger partial charge in [0.15, 0.2) is 0 Å². The first-order chi connectivity index (χ1) is 7.72. The largest absolute Gasteiger partial charge is 0.389 e. The number of rotatable bonds is 9. The summed E-state index contributed by atoms with van der Waals surface area (Å²) in [6.45, 7) is 19.9. The van der Waals surface area contributed by atoms with E-state index in [9.17, 15) is 0 Å². The maximum Gasteiger partial charge on any atom is 0.0521 e. The average Bonchev–Trinajstić information content (AvgIpc) is 2.16. The van der Waals surface area contributed by atoms with Crippen LogP contribution in [0.25, 0.3) is 0 Å². The van der Waals surface area contributed by atoms with E-state index in [1.807, 2.05) is 0 Å². The van der Waals surface area contributed by atoms with Gasteiger partial charge in [-0.15, -0.1) is 0 Å². The van der Waals surface area contributed by atoms with E-state index >= 15 is 0 Å². The van der Waals surface area contributed by atoms with Gasteiger partial charge < -0.3 is 10.1 Å². The smallest absolute Gasteiger partial charge is 0.0521 e. The molecule has 0 heterocycles. The van der Waals surface area contributed by atoms with Crippen molar-refractivity contribution in [3.63, 3.8) is 0 Å². The summed E-state index contributed by atoms with van der Waals surface area (Å²) in [5, 5.41) is 3.27. The maximum atomic E-state index is 5.86. The van der Waals surface area contributed by atoms with Gasteiger partial charge in [-0.25, -0.2) is 0 Å². The molecule has 0 aliphatic rings. The second kappa shape index (κ2) is 7.05. The zero-order valence-corrected chi connectivity index (χ0v) is 12.7. The van der Waals surface area contributed by atoms with E-state index in [0.29, 0.717) is 0 Å². The number of allylic oxidation sites excluding steroid dienone is 1. The molecule has 2 nitrogen and oxygen atoms in total. The minimum absolute atomic E-state index is 0.156. The highest BCUT2D eigenvalue weighted by molar-refractivity contribution is 4.95. The molecule has 0 atom stereocenters. The molecule has 0 unspecified atom stereocenters. The predicted octanol–water partition coefficient (Wildman–Crippen LogP) is 3.98. The topological polar surface area (TPSA) is 21.3 Å². The van der Waals surface area contributed by atoms with Crippen LogP contribution >= 0.6 is 0 Å². The van der Waals surface area contributed by atoms with Crippen LogP contribution in [0.15, 0.2) is 12.3 Å². The summed E-state index contributed by atoms with van der Waals surface area (Å²) in [7, 11) is 0. The van der Waals surface area contributed by atoms with Crippen molar-refractivity contribution in [3.05, 3.63) is 12.3 Å². The molecule has 0 aromatic carbocycles. The second-order valence-corrected chi connectivity index (χ2v) is 6.49. The summed E-state index contributed by atoms with van der Waals surface area (Å²) in [6, 6.07) is 0. The van der Waals surface area contributed by atoms with Gasteiger partial charge in [-0.3, -0.25) is 0 Å². The van der Waals surface area contributed by atoms with Gasteiger partial charge in [0.25, 0.3) is 0 Å². The van der Waals surface area contributed by atoms with Crippen LogP contribution in [0.4, 0.5) is 0 Å². The molecule has 1 N–H and O–H groups in total. The van der Waals surface area contributed by atoms with Crippen LogP contribution in [0.5, 0.6) is 0 Å². The molecule has 0 saturated heterocycles. The minimum atomic E-state index is 0.156. The van der Waals surface area contributed by atoms with Crippen LogP contribution in [0.2, 0.25) is 0 Å². The average molecular weight is 241 g/mol. The second-order valence-electron chi connectivity index (χ2n) is 6.49. The standard InChI is InChI=1S/C15H31NO/c1-8-14(4,5)11-17-12-15(6,7)10-13(3)16-9-2/h16H,3,8-12H2,1-2,4-7H3. The van der Waals surface area contributed by atoms with E-state index in [0.717, 1.165) is 38.3 Å². The lowest BCUT2D eigenvalue weighted by Crippen LogP contribution is -2.27. The first-order valence-corrected chi connectivity index (χ1v) is 6.72. The van der Waals surface area contributed by atoms with Crippen LogP contribution in [0.1, 0.15) is 54.4 Å². The van der Waals surface area contributed by atoms with Crippen molar-refractivity contribution < 1.29 is 4.74 Å². The third kappa shape index (κ3) is 8.25. The zero-order valence-electron chi connectivity index (χ0n) is 12.7. The molecule has 17 heavy (non-hydrogen) atoms. The Bertz CT molecular complexity index is 231. The van der Waals surface area contributed by atoms with Gasteiger partial charge in [-0.1, -0.05) is 41.2 Å². The number of hydrogen-bond acceptors (Lipinski definition) is 2. The lowest BCUT2D eigenvalue weighted by molar-refractivity contribution is 0.0137.